The number of aromatic nitrogens is 1. The van der Waals surface area contributed by atoms with Crippen LogP contribution >= 0.6 is 11.6 Å². The van der Waals surface area contributed by atoms with E-state index in [2.05, 4.69) is 59.0 Å². The lowest BCUT2D eigenvalue weighted by molar-refractivity contribution is 0.222. The molecule has 2 aromatic carbocycles. The molecule has 3 aromatic rings. The normalized spacial score (nSPS) is 22.1. The molecule has 0 amide bonds. The smallest absolute Gasteiger partial charge is 0.0487 e. The Kier molecular flexibility index (Phi) is 4.06. The van der Waals surface area contributed by atoms with Gasteiger partial charge >= 0.3 is 0 Å². The SMILES string of the molecule is CN1C2CCC1c1c(n(CCCc3ccccc3)c3ccc(Cl)cc13)C2. The topological polar surface area (TPSA) is 8.17 Å². The fourth-order valence-electron chi connectivity index (χ4n) is 5.17. The standard InChI is InChI=1S/C23H25ClN2/c1-25-18-10-12-21(25)23-19-14-17(24)9-11-20(19)26(22(23)15-18)13-5-8-16-6-3-2-4-7-16/h2-4,6-7,9,11,14,18,21H,5,8,10,12-13,15H2,1H3. The molecule has 26 heavy (non-hydrogen) atoms. The Morgan fingerprint density at radius 3 is 2.77 bits per heavy atom. The molecule has 1 saturated heterocycles. The van der Waals surface area contributed by atoms with Crippen molar-refractivity contribution in [2.75, 3.05) is 7.05 Å². The van der Waals surface area contributed by atoms with E-state index < -0.39 is 0 Å². The van der Waals surface area contributed by atoms with Crippen LogP contribution in [0.1, 0.15) is 42.1 Å². The second kappa shape index (κ2) is 6.44. The van der Waals surface area contributed by atoms with Gasteiger partial charge in [0, 0.05) is 46.7 Å². The summed E-state index contributed by atoms with van der Waals surface area (Å²) in [5.74, 6) is 0. The Bertz CT molecular complexity index is 944. The third-order valence-corrected chi connectivity index (χ3v) is 6.70. The van der Waals surface area contributed by atoms with Crippen LogP contribution < -0.4 is 0 Å². The van der Waals surface area contributed by atoms with Gasteiger partial charge in [-0.3, -0.25) is 4.90 Å². The molecule has 134 valence electrons. The molecule has 3 heterocycles. The van der Waals surface area contributed by atoms with Crippen molar-refractivity contribution in [1.29, 1.82) is 0 Å². The number of hydrogen-bond acceptors (Lipinski definition) is 1. The van der Waals surface area contributed by atoms with E-state index in [4.69, 9.17) is 11.6 Å². The van der Waals surface area contributed by atoms with Crippen LogP contribution in [0.15, 0.2) is 48.5 Å². The first-order valence-corrected chi connectivity index (χ1v) is 10.2. The molecule has 0 N–H and O–H groups in total. The molecule has 2 aliphatic rings. The number of aryl methyl sites for hydroxylation is 2. The molecule has 5 rings (SSSR count). The first-order chi connectivity index (χ1) is 12.7. The van der Waals surface area contributed by atoms with E-state index in [9.17, 15) is 0 Å². The maximum absolute atomic E-state index is 6.37. The molecular weight excluding hydrogens is 340 g/mol. The van der Waals surface area contributed by atoms with Gasteiger partial charge in [-0.05, 0) is 62.1 Å². The second-order valence-electron chi connectivity index (χ2n) is 7.88. The number of hydrogen-bond donors (Lipinski definition) is 0. The first kappa shape index (κ1) is 16.4. The van der Waals surface area contributed by atoms with Crippen LogP contribution in [0.3, 0.4) is 0 Å². The van der Waals surface area contributed by atoms with Gasteiger partial charge in [-0.2, -0.15) is 0 Å². The Morgan fingerprint density at radius 2 is 1.92 bits per heavy atom. The summed E-state index contributed by atoms with van der Waals surface area (Å²) in [6.45, 7) is 1.09. The van der Waals surface area contributed by atoms with Crippen molar-refractivity contribution in [2.45, 2.75) is 50.7 Å². The molecule has 2 unspecified atom stereocenters. The highest BCUT2D eigenvalue weighted by molar-refractivity contribution is 6.31. The summed E-state index contributed by atoms with van der Waals surface area (Å²) in [6.07, 6.45) is 6.09. The van der Waals surface area contributed by atoms with Gasteiger partial charge in [-0.25, -0.2) is 0 Å². The van der Waals surface area contributed by atoms with Crippen LogP contribution in [0.2, 0.25) is 5.02 Å². The molecule has 0 spiro atoms. The van der Waals surface area contributed by atoms with Crippen molar-refractivity contribution in [3.05, 3.63) is 70.4 Å². The van der Waals surface area contributed by atoms with Gasteiger partial charge < -0.3 is 4.57 Å². The molecule has 0 saturated carbocycles. The summed E-state index contributed by atoms with van der Waals surface area (Å²) in [5, 5.41) is 2.23. The minimum Gasteiger partial charge on any atom is -0.344 e. The molecule has 1 fully saturated rings. The van der Waals surface area contributed by atoms with Crippen LogP contribution in [0.4, 0.5) is 0 Å². The third-order valence-electron chi connectivity index (χ3n) is 6.47. The van der Waals surface area contributed by atoms with Crippen molar-refractivity contribution in [3.63, 3.8) is 0 Å². The van der Waals surface area contributed by atoms with E-state index >= 15 is 0 Å². The molecule has 3 heteroatoms. The van der Waals surface area contributed by atoms with E-state index in [1.807, 2.05) is 6.07 Å². The molecule has 2 bridgehead atoms. The van der Waals surface area contributed by atoms with Crippen molar-refractivity contribution in [1.82, 2.24) is 9.47 Å². The summed E-state index contributed by atoms with van der Waals surface area (Å²) >= 11 is 6.37. The zero-order valence-corrected chi connectivity index (χ0v) is 16.0. The van der Waals surface area contributed by atoms with Gasteiger partial charge in [0.1, 0.15) is 0 Å². The van der Waals surface area contributed by atoms with Crippen molar-refractivity contribution in [3.8, 4) is 0 Å². The Balaban J connectivity index is 1.52. The maximum Gasteiger partial charge on any atom is 0.0487 e. The highest BCUT2D eigenvalue weighted by Gasteiger charge is 2.40. The predicted octanol–water partition coefficient (Wildman–Crippen LogP) is 5.62. The minimum absolute atomic E-state index is 0.570. The minimum atomic E-state index is 0.570. The van der Waals surface area contributed by atoms with Gasteiger partial charge in [-0.1, -0.05) is 41.9 Å². The van der Waals surface area contributed by atoms with E-state index in [0.29, 0.717) is 12.1 Å². The zero-order valence-electron chi connectivity index (χ0n) is 15.3. The molecule has 0 radical (unpaired) electrons. The Morgan fingerprint density at radius 1 is 1.08 bits per heavy atom. The van der Waals surface area contributed by atoms with E-state index in [-0.39, 0.29) is 0 Å². The van der Waals surface area contributed by atoms with Crippen molar-refractivity contribution in [2.24, 2.45) is 0 Å². The molecule has 1 aromatic heterocycles. The monoisotopic (exact) mass is 364 g/mol. The van der Waals surface area contributed by atoms with Gasteiger partial charge in [0.15, 0.2) is 0 Å². The molecule has 2 nitrogen and oxygen atoms in total. The molecular formula is C23H25ClN2. The largest absolute Gasteiger partial charge is 0.344 e. The first-order valence-electron chi connectivity index (χ1n) is 9.79. The van der Waals surface area contributed by atoms with Gasteiger partial charge in [-0.15, -0.1) is 0 Å². The quantitative estimate of drug-likeness (QED) is 0.583. The number of halogens is 1. The predicted molar refractivity (Wildman–Crippen MR) is 109 cm³/mol. The third kappa shape index (κ3) is 2.59. The van der Waals surface area contributed by atoms with Crippen LogP contribution in [0.5, 0.6) is 0 Å². The number of fused-ring (bicyclic) bond motifs is 6. The maximum atomic E-state index is 6.37. The van der Waals surface area contributed by atoms with Crippen LogP contribution in [0.25, 0.3) is 10.9 Å². The van der Waals surface area contributed by atoms with E-state index in [1.165, 1.54) is 42.1 Å². The lowest BCUT2D eigenvalue weighted by atomic mass is 9.97. The number of benzene rings is 2. The fourth-order valence-corrected chi connectivity index (χ4v) is 5.34. The summed E-state index contributed by atoms with van der Waals surface area (Å²) in [5.41, 5.74) is 5.92. The fraction of sp³-hybridized carbons (Fsp3) is 0.391. The van der Waals surface area contributed by atoms with Gasteiger partial charge in [0.2, 0.25) is 0 Å². The molecule has 2 atom stereocenters. The summed E-state index contributed by atoms with van der Waals surface area (Å²) in [6, 6.07) is 18.6. The summed E-state index contributed by atoms with van der Waals surface area (Å²) in [7, 11) is 2.30. The van der Waals surface area contributed by atoms with E-state index in [1.54, 1.807) is 11.3 Å². The Hall–Kier alpha value is -1.77. The zero-order chi connectivity index (χ0) is 17.7. The second-order valence-corrected chi connectivity index (χ2v) is 8.32. The van der Waals surface area contributed by atoms with Crippen LogP contribution in [0, 0.1) is 0 Å². The molecule has 0 aliphatic carbocycles. The van der Waals surface area contributed by atoms with Crippen LogP contribution in [-0.2, 0) is 19.4 Å². The summed E-state index contributed by atoms with van der Waals surface area (Å²) < 4.78 is 2.60. The number of likely N-dealkylation sites (N-methyl/N-ethyl adjacent to an activating group) is 1. The number of rotatable bonds is 4. The Labute approximate surface area is 160 Å². The highest BCUT2D eigenvalue weighted by atomic mass is 35.5. The van der Waals surface area contributed by atoms with E-state index in [0.717, 1.165) is 18.0 Å². The van der Waals surface area contributed by atoms with Crippen LogP contribution in [-0.4, -0.2) is 22.6 Å². The lowest BCUT2D eigenvalue weighted by Gasteiger charge is -2.32. The highest BCUT2D eigenvalue weighted by Crippen LogP contribution is 2.47. The van der Waals surface area contributed by atoms with Gasteiger partial charge in [0.25, 0.3) is 0 Å². The molecule has 2 aliphatic heterocycles. The average molecular weight is 365 g/mol. The lowest BCUT2D eigenvalue weighted by Crippen LogP contribution is -2.34. The average Bonchev–Trinajstić information content (AvgIpc) is 3.06. The van der Waals surface area contributed by atoms with Crippen molar-refractivity contribution >= 4 is 22.5 Å². The summed E-state index contributed by atoms with van der Waals surface area (Å²) in [4.78, 5) is 2.59. The van der Waals surface area contributed by atoms with Gasteiger partial charge in [0.05, 0.1) is 0 Å². The number of nitrogens with zero attached hydrogens (tertiary/aromatic N) is 2. The van der Waals surface area contributed by atoms with Crippen molar-refractivity contribution < 1.29 is 0 Å².